The third-order valence-corrected chi connectivity index (χ3v) is 3.40. The van der Waals surface area contributed by atoms with Crippen LogP contribution in [0.15, 0.2) is 18.2 Å². The number of rotatable bonds is 3. The molecule has 0 aliphatic heterocycles. The number of aryl methyl sites for hydroxylation is 1. The van der Waals surface area contributed by atoms with Crippen LogP contribution in [-0.4, -0.2) is 12.5 Å². The number of benzene rings is 1. The number of nitrogens with one attached hydrogen (secondary N) is 1. The predicted octanol–water partition coefficient (Wildman–Crippen LogP) is 2.74. The average Bonchev–Trinajstić information content (AvgIpc) is 2.18. The van der Waals surface area contributed by atoms with Crippen molar-refractivity contribution in [2.75, 3.05) is 6.54 Å². The molecule has 0 spiro atoms. The summed E-state index contributed by atoms with van der Waals surface area (Å²) in [5.41, 5.74) is 1.92. The van der Waals surface area contributed by atoms with Crippen LogP contribution in [0, 0.1) is 10.5 Å². The zero-order chi connectivity index (χ0) is 10.6. The summed E-state index contributed by atoms with van der Waals surface area (Å²) in [7, 11) is 0. The van der Waals surface area contributed by atoms with Crippen LogP contribution in [0.2, 0.25) is 0 Å². The molecule has 0 saturated carbocycles. The van der Waals surface area contributed by atoms with Crippen LogP contribution < -0.4 is 5.32 Å². The summed E-state index contributed by atoms with van der Waals surface area (Å²) in [5, 5.41) is 2.87. The Morgan fingerprint density at radius 3 is 2.86 bits per heavy atom. The van der Waals surface area contributed by atoms with E-state index in [9.17, 15) is 4.79 Å². The van der Waals surface area contributed by atoms with Crippen LogP contribution >= 0.6 is 22.6 Å². The first-order chi connectivity index (χ1) is 6.66. The van der Waals surface area contributed by atoms with Crippen molar-refractivity contribution in [2.24, 2.45) is 0 Å². The fourth-order valence-corrected chi connectivity index (χ4v) is 1.76. The largest absolute Gasteiger partial charge is 0.352 e. The molecule has 14 heavy (non-hydrogen) atoms. The zero-order valence-corrected chi connectivity index (χ0v) is 10.6. The molecule has 0 heterocycles. The van der Waals surface area contributed by atoms with Crippen molar-refractivity contribution in [2.45, 2.75) is 20.3 Å². The molecule has 0 atom stereocenters. The minimum atomic E-state index is 0.0277. The summed E-state index contributed by atoms with van der Waals surface area (Å²) in [6.07, 6.45) is 0.966. The third kappa shape index (κ3) is 2.70. The van der Waals surface area contributed by atoms with Gasteiger partial charge in [-0.25, -0.2) is 0 Å². The summed E-state index contributed by atoms with van der Waals surface area (Å²) in [6, 6.07) is 5.79. The lowest BCUT2D eigenvalue weighted by Crippen LogP contribution is -2.24. The van der Waals surface area contributed by atoms with Crippen molar-refractivity contribution in [3.05, 3.63) is 32.9 Å². The fraction of sp³-hybridized carbons (Fsp3) is 0.364. The maximum Gasteiger partial charge on any atom is 0.252 e. The lowest BCUT2D eigenvalue weighted by atomic mass is 10.1. The van der Waals surface area contributed by atoms with Crippen molar-refractivity contribution in [3.8, 4) is 0 Å². The molecule has 1 aromatic rings. The molecule has 0 bridgehead atoms. The first-order valence-corrected chi connectivity index (χ1v) is 5.78. The highest BCUT2D eigenvalue weighted by atomic mass is 127. The molecule has 2 nitrogen and oxygen atoms in total. The molecule has 3 heteroatoms. The first kappa shape index (κ1) is 11.5. The monoisotopic (exact) mass is 303 g/mol. The Kier molecular flexibility index (Phi) is 4.38. The molecular weight excluding hydrogens is 289 g/mol. The third-order valence-electron chi connectivity index (χ3n) is 1.97. The second kappa shape index (κ2) is 5.34. The molecule has 1 N–H and O–H groups in total. The van der Waals surface area contributed by atoms with Crippen molar-refractivity contribution in [3.63, 3.8) is 0 Å². The van der Waals surface area contributed by atoms with E-state index in [1.165, 1.54) is 0 Å². The van der Waals surface area contributed by atoms with Gasteiger partial charge in [-0.15, -0.1) is 0 Å². The summed E-state index contributed by atoms with van der Waals surface area (Å²) in [6.45, 7) is 4.79. The molecule has 0 saturated heterocycles. The summed E-state index contributed by atoms with van der Waals surface area (Å²) in [4.78, 5) is 11.7. The first-order valence-electron chi connectivity index (χ1n) is 4.70. The normalized spacial score (nSPS) is 9.93. The van der Waals surface area contributed by atoms with Gasteiger partial charge in [0, 0.05) is 10.1 Å². The Bertz CT molecular complexity index is 336. The molecule has 0 aliphatic rings. The van der Waals surface area contributed by atoms with Gasteiger partial charge in [-0.05, 0) is 47.6 Å². The number of carbonyl (C=O) groups excluding carboxylic acids is 1. The number of halogens is 1. The molecule has 0 radical (unpaired) electrons. The predicted molar refractivity (Wildman–Crippen MR) is 66.5 cm³/mol. The molecule has 0 fully saturated rings. The van der Waals surface area contributed by atoms with Crippen LogP contribution in [0.4, 0.5) is 0 Å². The smallest absolute Gasteiger partial charge is 0.252 e. The van der Waals surface area contributed by atoms with Crippen molar-refractivity contribution >= 4 is 28.5 Å². The van der Waals surface area contributed by atoms with Crippen LogP contribution in [0.1, 0.15) is 29.3 Å². The van der Waals surface area contributed by atoms with Gasteiger partial charge in [-0.1, -0.05) is 19.1 Å². The zero-order valence-electron chi connectivity index (χ0n) is 8.43. The van der Waals surface area contributed by atoms with E-state index in [0.29, 0.717) is 0 Å². The lowest BCUT2D eigenvalue weighted by Gasteiger charge is -2.07. The Balaban J connectivity index is 2.84. The van der Waals surface area contributed by atoms with Gasteiger partial charge in [0.15, 0.2) is 0 Å². The van der Waals surface area contributed by atoms with E-state index in [4.69, 9.17) is 0 Å². The Morgan fingerprint density at radius 1 is 1.50 bits per heavy atom. The van der Waals surface area contributed by atoms with Gasteiger partial charge in [0.2, 0.25) is 0 Å². The standard InChI is InChI=1S/C11H14INO/c1-3-7-13-11(14)9-6-4-5-8(2)10(9)12/h4-6H,3,7H2,1-2H3,(H,13,14). The average molecular weight is 303 g/mol. The minimum absolute atomic E-state index is 0.0277. The SMILES string of the molecule is CCCNC(=O)c1cccc(C)c1I. The summed E-state index contributed by atoms with van der Waals surface area (Å²) >= 11 is 2.21. The molecule has 0 unspecified atom stereocenters. The van der Waals surface area contributed by atoms with Gasteiger partial charge in [-0.3, -0.25) is 4.79 Å². The highest BCUT2D eigenvalue weighted by Crippen LogP contribution is 2.16. The highest BCUT2D eigenvalue weighted by molar-refractivity contribution is 14.1. The van der Waals surface area contributed by atoms with Gasteiger partial charge >= 0.3 is 0 Å². The fourth-order valence-electron chi connectivity index (χ4n) is 1.16. The second-order valence-electron chi connectivity index (χ2n) is 3.19. The van der Waals surface area contributed by atoms with Crippen molar-refractivity contribution in [1.29, 1.82) is 0 Å². The molecule has 0 aromatic heterocycles. The molecular formula is C11H14INO. The van der Waals surface area contributed by atoms with Gasteiger partial charge in [0.25, 0.3) is 5.91 Å². The van der Waals surface area contributed by atoms with Gasteiger partial charge in [0.05, 0.1) is 5.56 Å². The van der Waals surface area contributed by atoms with E-state index in [2.05, 4.69) is 27.9 Å². The lowest BCUT2D eigenvalue weighted by molar-refractivity contribution is 0.0952. The van der Waals surface area contributed by atoms with E-state index >= 15 is 0 Å². The quantitative estimate of drug-likeness (QED) is 0.855. The number of carbonyl (C=O) groups is 1. The maximum absolute atomic E-state index is 11.7. The van der Waals surface area contributed by atoms with E-state index in [1.807, 2.05) is 32.0 Å². The van der Waals surface area contributed by atoms with E-state index in [1.54, 1.807) is 0 Å². The highest BCUT2D eigenvalue weighted by Gasteiger charge is 2.09. The van der Waals surface area contributed by atoms with E-state index < -0.39 is 0 Å². The van der Waals surface area contributed by atoms with Gasteiger partial charge < -0.3 is 5.32 Å². The molecule has 0 aliphatic carbocycles. The van der Waals surface area contributed by atoms with Crippen LogP contribution in [0.5, 0.6) is 0 Å². The molecule has 1 rings (SSSR count). The maximum atomic E-state index is 11.7. The Labute approximate surface area is 98.2 Å². The van der Waals surface area contributed by atoms with Crippen molar-refractivity contribution in [1.82, 2.24) is 5.32 Å². The van der Waals surface area contributed by atoms with Crippen molar-refractivity contribution < 1.29 is 4.79 Å². The van der Waals surface area contributed by atoms with Crippen LogP contribution in [0.3, 0.4) is 0 Å². The molecule has 1 amide bonds. The van der Waals surface area contributed by atoms with Crippen LogP contribution in [0.25, 0.3) is 0 Å². The summed E-state index contributed by atoms with van der Waals surface area (Å²) < 4.78 is 1.04. The van der Waals surface area contributed by atoms with Gasteiger partial charge in [-0.2, -0.15) is 0 Å². The van der Waals surface area contributed by atoms with E-state index in [-0.39, 0.29) is 5.91 Å². The number of amides is 1. The number of hydrogen-bond donors (Lipinski definition) is 1. The van der Waals surface area contributed by atoms with Gasteiger partial charge in [0.1, 0.15) is 0 Å². The molecule has 1 aromatic carbocycles. The minimum Gasteiger partial charge on any atom is -0.352 e. The van der Waals surface area contributed by atoms with E-state index in [0.717, 1.165) is 27.7 Å². The Hall–Kier alpha value is -0.580. The molecule has 76 valence electrons. The van der Waals surface area contributed by atoms with Crippen LogP contribution in [-0.2, 0) is 0 Å². The number of hydrogen-bond acceptors (Lipinski definition) is 1. The summed E-state index contributed by atoms with van der Waals surface area (Å²) in [5.74, 6) is 0.0277. The second-order valence-corrected chi connectivity index (χ2v) is 4.27. The topological polar surface area (TPSA) is 29.1 Å². The Morgan fingerprint density at radius 2 is 2.21 bits per heavy atom.